The quantitative estimate of drug-likeness (QED) is 0.620. The number of aromatic nitrogens is 3. The maximum absolute atomic E-state index is 9.07. The zero-order valence-corrected chi connectivity index (χ0v) is 17.4. The first kappa shape index (κ1) is 19.9. The second-order valence-corrected chi connectivity index (χ2v) is 8.33. The fourth-order valence-corrected chi connectivity index (χ4v) is 4.31. The van der Waals surface area contributed by atoms with Crippen LogP contribution in [0.4, 0.5) is 11.6 Å². The molecule has 8 heteroatoms. The van der Waals surface area contributed by atoms with Crippen LogP contribution in [0, 0.1) is 6.92 Å². The van der Waals surface area contributed by atoms with Gasteiger partial charge in [0.25, 0.3) is 0 Å². The minimum absolute atomic E-state index is 0.233. The molecule has 0 amide bonds. The molecule has 4 rings (SSSR count). The number of nitrogens with zero attached hydrogens (tertiary/aromatic N) is 5. The van der Waals surface area contributed by atoms with Crippen molar-refractivity contribution in [1.29, 1.82) is 0 Å². The van der Waals surface area contributed by atoms with Crippen molar-refractivity contribution in [3.8, 4) is 10.6 Å². The van der Waals surface area contributed by atoms with Crippen molar-refractivity contribution in [1.82, 2.24) is 24.8 Å². The van der Waals surface area contributed by atoms with Gasteiger partial charge >= 0.3 is 0 Å². The van der Waals surface area contributed by atoms with E-state index in [2.05, 4.69) is 25.1 Å². The predicted molar refractivity (Wildman–Crippen MR) is 116 cm³/mol. The van der Waals surface area contributed by atoms with Gasteiger partial charge in [-0.3, -0.25) is 9.80 Å². The number of aryl methyl sites for hydroxylation is 1. The highest BCUT2D eigenvalue weighted by Crippen LogP contribution is 2.27. The highest BCUT2D eigenvalue weighted by Gasteiger charge is 2.18. The number of piperazine rings is 1. The van der Waals surface area contributed by atoms with Crippen LogP contribution in [0.15, 0.2) is 42.7 Å². The van der Waals surface area contributed by atoms with Crippen molar-refractivity contribution in [2.75, 3.05) is 44.6 Å². The molecule has 7 nitrogen and oxygen atoms in total. The van der Waals surface area contributed by atoms with E-state index in [1.807, 2.05) is 43.5 Å². The number of hydrogen-bond donors (Lipinski definition) is 2. The average molecular weight is 411 g/mol. The smallest absolute Gasteiger partial charge is 0.132 e. The molecule has 29 heavy (non-hydrogen) atoms. The molecule has 0 radical (unpaired) electrons. The molecule has 0 aromatic carbocycles. The number of aliphatic hydroxyl groups is 1. The van der Waals surface area contributed by atoms with Crippen LogP contribution in [0.2, 0.25) is 0 Å². The zero-order chi connectivity index (χ0) is 20.1. The SMILES string of the molecule is Cc1ccnc(Nc2cccc(-c3cnc(CN4CCN(CCO)CC4)s3)n2)c1. The van der Waals surface area contributed by atoms with E-state index in [9.17, 15) is 0 Å². The second-order valence-electron chi connectivity index (χ2n) is 7.21. The van der Waals surface area contributed by atoms with E-state index in [1.54, 1.807) is 17.5 Å². The summed E-state index contributed by atoms with van der Waals surface area (Å²) in [4.78, 5) is 19.5. The molecule has 2 N–H and O–H groups in total. The first-order chi connectivity index (χ1) is 14.2. The third-order valence-corrected chi connectivity index (χ3v) is 5.97. The molecule has 0 atom stereocenters. The molecular weight excluding hydrogens is 384 g/mol. The summed E-state index contributed by atoms with van der Waals surface area (Å²) >= 11 is 1.70. The Morgan fingerprint density at radius 2 is 1.90 bits per heavy atom. The van der Waals surface area contributed by atoms with Crippen LogP contribution >= 0.6 is 11.3 Å². The highest BCUT2D eigenvalue weighted by atomic mass is 32.1. The van der Waals surface area contributed by atoms with Crippen molar-refractivity contribution < 1.29 is 5.11 Å². The number of pyridine rings is 2. The molecule has 1 aliphatic rings. The molecule has 0 aliphatic carbocycles. The van der Waals surface area contributed by atoms with E-state index < -0.39 is 0 Å². The number of aliphatic hydroxyl groups excluding tert-OH is 1. The third-order valence-electron chi connectivity index (χ3n) is 4.97. The molecule has 0 spiro atoms. The lowest BCUT2D eigenvalue weighted by Crippen LogP contribution is -2.46. The molecule has 0 bridgehead atoms. The van der Waals surface area contributed by atoms with Crippen molar-refractivity contribution in [2.24, 2.45) is 0 Å². The maximum Gasteiger partial charge on any atom is 0.132 e. The van der Waals surface area contributed by atoms with Gasteiger partial charge in [0.2, 0.25) is 0 Å². The fraction of sp³-hybridized carbons (Fsp3) is 0.381. The van der Waals surface area contributed by atoms with Crippen molar-refractivity contribution in [3.63, 3.8) is 0 Å². The molecule has 1 fully saturated rings. The zero-order valence-electron chi connectivity index (χ0n) is 16.6. The lowest BCUT2D eigenvalue weighted by Gasteiger charge is -2.33. The maximum atomic E-state index is 9.07. The Morgan fingerprint density at radius 1 is 1.07 bits per heavy atom. The van der Waals surface area contributed by atoms with Gasteiger partial charge in [-0.2, -0.15) is 0 Å². The molecule has 0 unspecified atom stereocenters. The monoisotopic (exact) mass is 410 g/mol. The van der Waals surface area contributed by atoms with E-state index >= 15 is 0 Å². The van der Waals surface area contributed by atoms with Crippen molar-refractivity contribution >= 4 is 23.0 Å². The third kappa shape index (κ3) is 5.36. The van der Waals surface area contributed by atoms with Gasteiger partial charge in [0.1, 0.15) is 16.6 Å². The van der Waals surface area contributed by atoms with E-state index in [4.69, 9.17) is 10.1 Å². The molecule has 1 aliphatic heterocycles. The van der Waals surface area contributed by atoms with Crippen LogP contribution in [0.1, 0.15) is 10.6 Å². The van der Waals surface area contributed by atoms with Gasteiger partial charge in [-0.1, -0.05) is 6.07 Å². The Bertz CT molecular complexity index is 938. The van der Waals surface area contributed by atoms with Gasteiger partial charge in [-0.05, 0) is 36.8 Å². The Balaban J connectivity index is 1.39. The summed E-state index contributed by atoms with van der Waals surface area (Å²) in [5, 5.41) is 13.4. The summed E-state index contributed by atoms with van der Waals surface area (Å²) < 4.78 is 0. The van der Waals surface area contributed by atoms with Gasteiger partial charge < -0.3 is 10.4 Å². The van der Waals surface area contributed by atoms with Crippen LogP contribution in [0.25, 0.3) is 10.6 Å². The van der Waals surface area contributed by atoms with Gasteiger partial charge in [0.05, 0.1) is 23.7 Å². The number of hydrogen-bond acceptors (Lipinski definition) is 8. The summed E-state index contributed by atoms with van der Waals surface area (Å²) in [7, 11) is 0. The van der Waals surface area contributed by atoms with E-state index in [-0.39, 0.29) is 6.61 Å². The van der Waals surface area contributed by atoms with Gasteiger partial charge in [0.15, 0.2) is 0 Å². The standard InChI is InChI=1S/C21H26N6OS/c1-16-5-6-22-20(13-16)25-19-4-2-3-17(24-19)18-14-23-21(29-18)15-27-9-7-26(8-10-27)11-12-28/h2-6,13-14,28H,7-12,15H2,1H3,(H,22,24,25). The second kappa shape index (κ2) is 9.41. The number of nitrogens with one attached hydrogen (secondary N) is 1. The summed E-state index contributed by atoms with van der Waals surface area (Å²) in [5.74, 6) is 1.57. The number of β-amino-alcohol motifs (C(OH)–C–C–N with tert-alkyl or cyclic N) is 1. The molecule has 0 saturated carbocycles. The van der Waals surface area contributed by atoms with E-state index in [0.717, 1.165) is 72.0 Å². The molecule has 3 aromatic heterocycles. The van der Waals surface area contributed by atoms with Crippen LogP contribution < -0.4 is 5.32 Å². The largest absolute Gasteiger partial charge is 0.395 e. The fourth-order valence-electron chi connectivity index (χ4n) is 3.38. The summed E-state index contributed by atoms with van der Waals surface area (Å²) in [6.45, 7) is 7.93. The minimum atomic E-state index is 0.233. The van der Waals surface area contributed by atoms with Gasteiger partial charge in [-0.25, -0.2) is 15.0 Å². The molecule has 1 saturated heterocycles. The lowest BCUT2D eigenvalue weighted by molar-refractivity contribution is 0.108. The average Bonchev–Trinajstić information content (AvgIpc) is 3.19. The minimum Gasteiger partial charge on any atom is -0.395 e. The van der Waals surface area contributed by atoms with Crippen LogP contribution in [-0.2, 0) is 6.54 Å². The van der Waals surface area contributed by atoms with Crippen LogP contribution in [-0.4, -0.2) is 69.2 Å². The van der Waals surface area contributed by atoms with Gasteiger partial charge in [0, 0.05) is 45.1 Å². The summed E-state index contributed by atoms with van der Waals surface area (Å²) in [5.41, 5.74) is 2.07. The predicted octanol–water partition coefficient (Wildman–Crippen LogP) is 2.76. The molecule has 152 valence electrons. The Kier molecular flexibility index (Phi) is 6.46. The Hall–Kier alpha value is -2.39. The summed E-state index contributed by atoms with van der Waals surface area (Å²) in [6, 6.07) is 9.93. The Morgan fingerprint density at radius 3 is 2.69 bits per heavy atom. The normalized spacial score (nSPS) is 15.5. The Labute approximate surface area is 175 Å². The molecular formula is C21H26N6OS. The van der Waals surface area contributed by atoms with Crippen LogP contribution in [0.5, 0.6) is 0 Å². The van der Waals surface area contributed by atoms with Crippen LogP contribution in [0.3, 0.4) is 0 Å². The first-order valence-electron chi connectivity index (χ1n) is 9.87. The number of thiazole rings is 1. The number of anilines is 2. The topological polar surface area (TPSA) is 77.4 Å². The van der Waals surface area contributed by atoms with E-state index in [0.29, 0.717) is 0 Å². The molecule has 4 heterocycles. The number of rotatable bonds is 7. The van der Waals surface area contributed by atoms with Gasteiger partial charge in [-0.15, -0.1) is 11.3 Å². The van der Waals surface area contributed by atoms with Crippen molar-refractivity contribution in [3.05, 3.63) is 53.3 Å². The molecule has 3 aromatic rings. The lowest BCUT2D eigenvalue weighted by atomic mass is 10.3. The van der Waals surface area contributed by atoms with Crippen molar-refractivity contribution in [2.45, 2.75) is 13.5 Å². The summed E-state index contributed by atoms with van der Waals surface area (Å²) in [6.07, 6.45) is 3.71. The first-order valence-corrected chi connectivity index (χ1v) is 10.7. The highest BCUT2D eigenvalue weighted by molar-refractivity contribution is 7.15. The van der Waals surface area contributed by atoms with E-state index in [1.165, 1.54) is 0 Å².